The standard InChI is InChI=1S/C19H15F3N2O4S/c1-10(25)11-3-6-15(27-2)12(7-11)8-17(26)24-18-23-14-5-4-13(9-16(14)29-18)28-19(20,21)22/h3-7,9H,8H2,1-2H3,(H,23,24,26). The molecule has 0 spiro atoms. The molecule has 0 saturated heterocycles. The lowest BCUT2D eigenvalue weighted by Crippen LogP contribution is -2.16. The lowest BCUT2D eigenvalue weighted by molar-refractivity contribution is -0.274. The van der Waals surface area contributed by atoms with Crippen LogP contribution in [0.2, 0.25) is 0 Å². The molecule has 0 aliphatic carbocycles. The Morgan fingerprint density at radius 3 is 2.59 bits per heavy atom. The molecule has 6 nitrogen and oxygen atoms in total. The minimum Gasteiger partial charge on any atom is -0.496 e. The van der Waals surface area contributed by atoms with Crippen molar-refractivity contribution in [1.29, 1.82) is 0 Å². The third kappa shape index (κ3) is 5.23. The zero-order chi connectivity index (χ0) is 21.2. The Morgan fingerprint density at radius 2 is 1.93 bits per heavy atom. The second-order valence-electron chi connectivity index (χ2n) is 6.00. The van der Waals surface area contributed by atoms with Crippen LogP contribution in [-0.4, -0.2) is 30.1 Å². The van der Waals surface area contributed by atoms with E-state index in [9.17, 15) is 22.8 Å². The van der Waals surface area contributed by atoms with Gasteiger partial charge in [0.15, 0.2) is 10.9 Å². The molecule has 2 aromatic carbocycles. The quantitative estimate of drug-likeness (QED) is 0.586. The summed E-state index contributed by atoms with van der Waals surface area (Å²) >= 11 is 1.02. The number of anilines is 1. The monoisotopic (exact) mass is 424 g/mol. The van der Waals surface area contributed by atoms with E-state index in [0.29, 0.717) is 27.1 Å². The number of ketones is 1. The van der Waals surface area contributed by atoms with Crippen molar-refractivity contribution in [3.8, 4) is 11.5 Å². The van der Waals surface area contributed by atoms with Crippen LogP contribution in [0.25, 0.3) is 10.2 Å². The number of thiazole rings is 1. The summed E-state index contributed by atoms with van der Waals surface area (Å²) in [4.78, 5) is 28.1. The number of amides is 1. The average Bonchev–Trinajstić information content (AvgIpc) is 3.01. The van der Waals surface area contributed by atoms with Crippen LogP contribution in [0.4, 0.5) is 18.3 Å². The Hall–Kier alpha value is -3.14. The van der Waals surface area contributed by atoms with Gasteiger partial charge in [-0.3, -0.25) is 9.59 Å². The summed E-state index contributed by atoms with van der Waals surface area (Å²) in [6, 6.07) is 8.53. The molecule has 1 amide bonds. The van der Waals surface area contributed by atoms with Gasteiger partial charge >= 0.3 is 6.36 Å². The SMILES string of the molecule is COc1ccc(C(C)=O)cc1CC(=O)Nc1nc2ccc(OC(F)(F)F)cc2s1. The van der Waals surface area contributed by atoms with Crippen molar-refractivity contribution in [1.82, 2.24) is 4.98 Å². The molecule has 1 aromatic heterocycles. The number of Topliss-reactive ketones (excluding diaryl/α,β-unsaturated/α-hetero) is 1. The van der Waals surface area contributed by atoms with Gasteiger partial charge in [0.1, 0.15) is 11.5 Å². The molecule has 29 heavy (non-hydrogen) atoms. The van der Waals surface area contributed by atoms with Crippen molar-refractivity contribution < 1.29 is 32.2 Å². The molecule has 0 aliphatic heterocycles. The van der Waals surface area contributed by atoms with E-state index in [0.717, 1.165) is 17.4 Å². The maximum Gasteiger partial charge on any atom is 0.573 e. The van der Waals surface area contributed by atoms with Gasteiger partial charge in [-0.05, 0) is 37.3 Å². The molecule has 3 rings (SSSR count). The number of alkyl halides is 3. The number of hydrogen-bond donors (Lipinski definition) is 1. The first-order chi connectivity index (χ1) is 13.6. The molecule has 0 fully saturated rings. The van der Waals surface area contributed by atoms with Crippen molar-refractivity contribution in [3.63, 3.8) is 0 Å². The van der Waals surface area contributed by atoms with Crippen molar-refractivity contribution in [2.45, 2.75) is 19.7 Å². The van der Waals surface area contributed by atoms with E-state index < -0.39 is 12.3 Å². The average molecular weight is 424 g/mol. The maximum absolute atomic E-state index is 12.4. The number of carbonyl (C=O) groups is 2. The highest BCUT2D eigenvalue weighted by Gasteiger charge is 2.31. The van der Waals surface area contributed by atoms with Crippen LogP contribution in [0.3, 0.4) is 0 Å². The van der Waals surface area contributed by atoms with E-state index in [1.54, 1.807) is 18.2 Å². The van der Waals surface area contributed by atoms with Gasteiger partial charge < -0.3 is 14.8 Å². The molecule has 0 atom stereocenters. The smallest absolute Gasteiger partial charge is 0.496 e. The topological polar surface area (TPSA) is 77.5 Å². The predicted octanol–water partition coefficient (Wildman–Crippen LogP) is 4.59. The van der Waals surface area contributed by atoms with Crippen LogP contribution < -0.4 is 14.8 Å². The molecule has 0 saturated carbocycles. The van der Waals surface area contributed by atoms with Crippen LogP contribution in [0.5, 0.6) is 11.5 Å². The third-order valence-electron chi connectivity index (χ3n) is 3.88. The van der Waals surface area contributed by atoms with Crippen molar-refractivity contribution in [2.24, 2.45) is 0 Å². The number of nitrogens with zero attached hydrogens (tertiary/aromatic N) is 1. The fourth-order valence-electron chi connectivity index (χ4n) is 2.63. The molecule has 10 heteroatoms. The highest BCUT2D eigenvalue weighted by molar-refractivity contribution is 7.22. The molecule has 0 bridgehead atoms. The highest BCUT2D eigenvalue weighted by Crippen LogP contribution is 2.32. The lowest BCUT2D eigenvalue weighted by Gasteiger charge is -2.09. The number of rotatable bonds is 6. The van der Waals surface area contributed by atoms with Gasteiger partial charge in [-0.15, -0.1) is 13.2 Å². The van der Waals surface area contributed by atoms with Gasteiger partial charge in [0, 0.05) is 17.2 Å². The number of benzene rings is 2. The normalized spacial score (nSPS) is 11.3. The molecular weight excluding hydrogens is 409 g/mol. The third-order valence-corrected chi connectivity index (χ3v) is 4.81. The number of hydrogen-bond acceptors (Lipinski definition) is 6. The van der Waals surface area contributed by atoms with Crippen molar-refractivity contribution >= 4 is 38.4 Å². The second-order valence-corrected chi connectivity index (χ2v) is 7.03. The number of ether oxygens (including phenoxy) is 2. The maximum atomic E-state index is 12.4. The van der Waals surface area contributed by atoms with Gasteiger partial charge in [-0.2, -0.15) is 0 Å². The fraction of sp³-hybridized carbons (Fsp3) is 0.211. The van der Waals surface area contributed by atoms with E-state index in [-0.39, 0.29) is 23.1 Å². The van der Waals surface area contributed by atoms with Crippen LogP contribution in [-0.2, 0) is 11.2 Å². The van der Waals surface area contributed by atoms with Gasteiger partial charge in [0.05, 0.1) is 23.7 Å². The number of nitrogens with one attached hydrogen (secondary N) is 1. The van der Waals surface area contributed by atoms with E-state index in [1.807, 2.05) is 0 Å². The van der Waals surface area contributed by atoms with Crippen molar-refractivity contribution in [3.05, 3.63) is 47.5 Å². The Balaban J connectivity index is 1.76. The Morgan fingerprint density at radius 1 is 1.17 bits per heavy atom. The molecule has 1 N–H and O–H groups in total. The number of halogens is 3. The Kier molecular flexibility index (Phi) is 5.73. The first-order valence-electron chi connectivity index (χ1n) is 8.28. The Bertz CT molecular complexity index is 1080. The van der Waals surface area contributed by atoms with E-state index >= 15 is 0 Å². The summed E-state index contributed by atoms with van der Waals surface area (Å²) in [5, 5.41) is 2.84. The van der Waals surface area contributed by atoms with Crippen molar-refractivity contribution in [2.75, 3.05) is 12.4 Å². The summed E-state index contributed by atoms with van der Waals surface area (Å²) in [5.74, 6) is -0.451. The number of carbonyl (C=O) groups excluding carboxylic acids is 2. The zero-order valence-corrected chi connectivity index (χ0v) is 16.1. The second kappa shape index (κ2) is 8.08. The zero-order valence-electron chi connectivity index (χ0n) is 15.3. The van der Waals surface area contributed by atoms with Gasteiger partial charge in [0.25, 0.3) is 0 Å². The summed E-state index contributed by atoms with van der Waals surface area (Å²) in [6.07, 6.45) is -4.86. The van der Waals surface area contributed by atoms with Crippen LogP contribution in [0.1, 0.15) is 22.8 Å². The Labute approximate surface area is 167 Å². The predicted molar refractivity (Wildman–Crippen MR) is 102 cm³/mol. The summed E-state index contributed by atoms with van der Waals surface area (Å²) < 4.78 is 46.6. The number of fused-ring (bicyclic) bond motifs is 1. The van der Waals surface area contributed by atoms with E-state index in [4.69, 9.17) is 4.74 Å². The summed E-state index contributed by atoms with van der Waals surface area (Å²) in [6.45, 7) is 1.42. The number of methoxy groups -OCH3 is 1. The first kappa shape index (κ1) is 20.6. The van der Waals surface area contributed by atoms with Crippen LogP contribution in [0, 0.1) is 0 Å². The largest absolute Gasteiger partial charge is 0.573 e. The summed E-state index contributed by atoms with van der Waals surface area (Å²) in [7, 11) is 1.46. The minimum atomic E-state index is -4.79. The van der Waals surface area contributed by atoms with Gasteiger partial charge in [-0.25, -0.2) is 4.98 Å². The fourth-order valence-corrected chi connectivity index (χ4v) is 3.54. The highest BCUT2D eigenvalue weighted by atomic mass is 32.1. The van der Waals surface area contributed by atoms with E-state index in [2.05, 4.69) is 15.0 Å². The van der Waals surface area contributed by atoms with E-state index in [1.165, 1.54) is 26.2 Å². The van der Waals surface area contributed by atoms with Gasteiger partial charge in [0.2, 0.25) is 5.91 Å². The molecule has 0 radical (unpaired) electrons. The molecule has 3 aromatic rings. The molecule has 1 heterocycles. The molecule has 152 valence electrons. The van der Waals surface area contributed by atoms with Gasteiger partial charge in [-0.1, -0.05) is 11.3 Å². The molecule has 0 unspecified atom stereocenters. The number of aromatic nitrogens is 1. The minimum absolute atomic E-state index is 0.0668. The lowest BCUT2D eigenvalue weighted by atomic mass is 10.0. The summed E-state index contributed by atoms with van der Waals surface area (Å²) in [5.41, 5.74) is 1.40. The molecular formula is C19H15F3N2O4S. The first-order valence-corrected chi connectivity index (χ1v) is 9.10. The van der Waals surface area contributed by atoms with Crippen LogP contribution >= 0.6 is 11.3 Å². The molecule has 0 aliphatic rings. The van der Waals surface area contributed by atoms with Crippen LogP contribution in [0.15, 0.2) is 36.4 Å².